The summed E-state index contributed by atoms with van der Waals surface area (Å²) < 4.78 is 13.0. The molecule has 1 unspecified atom stereocenters. The van der Waals surface area contributed by atoms with Gasteiger partial charge in [0.05, 0.1) is 0 Å². The molecule has 0 radical (unpaired) electrons. The lowest BCUT2D eigenvalue weighted by Crippen LogP contribution is -2.37. The highest BCUT2D eigenvalue weighted by Gasteiger charge is 2.21. The lowest BCUT2D eigenvalue weighted by atomic mass is 10.1. The summed E-state index contributed by atoms with van der Waals surface area (Å²) in [6.07, 6.45) is 2.47. The van der Waals surface area contributed by atoms with E-state index in [1.165, 1.54) is 12.1 Å². The van der Waals surface area contributed by atoms with Crippen molar-refractivity contribution in [2.75, 3.05) is 7.05 Å². The van der Waals surface area contributed by atoms with Crippen LogP contribution >= 0.6 is 0 Å². The van der Waals surface area contributed by atoms with E-state index < -0.39 is 12.0 Å². The summed E-state index contributed by atoms with van der Waals surface area (Å²) in [7, 11) is 1.76. The number of halogens is 1. The lowest BCUT2D eigenvalue weighted by Gasteiger charge is -2.24. The minimum absolute atomic E-state index is 0.290. The SMILES string of the molecule is CCCCC(C(=O)O)N(C)Cc1cccc(F)c1. The van der Waals surface area contributed by atoms with Crippen molar-refractivity contribution in [3.8, 4) is 0 Å². The Bertz CT molecular complexity index is 395. The van der Waals surface area contributed by atoms with Crippen LogP contribution in [0.5, 0.6) is 0 Å². The normalized spacial score (nSPS) is 12.7. The van der Waals surface area contributed by atoms with Gasteiger partial charge in [0.2, 0.25) is 0 Å². The second-order valence-electron chi connectivity index (χ2n) is 4.54. The number of hydrogen-bond donors (Lipinski definition) is 1. The van der Waals surface area contributed by atoms with E-state index in [9.17, 15) is 14.3 Å². The van der Waals surface area contributed by atoms with E-state index in [1.54, 1.807) is 24.1 Å². The second-order valence-corrected chi connectivity index (χ2v) is 4.54. The average Bonchev–Trinajstić information content (AvgIpc) is 2.29. The number of hydrogen-bond acceptors (Lipinski definition) is 2. The number of benzene rings is 1. The van der Waals surface area contributed by atoms with Crippen molar-refractivity contribution < 1.29 is 14.3 Å². The van der Waals surface area contributed by atoms with E-state index in [0.717, 1.165) is 18.4 Å². The van der Waals surface area contributed by atoms with Crippen LogP contribution in [0.1, 0.15) is 31.7 Å². The van der Waals surface area contributed by atoms with Gasteiger partial charge in [-0.1, -0.05) is 31.9 Å². The fourth-order valence-electron chi connectivity index (χ4n) is 1.96. The predicted molar refractivity (Wildman–Crippen MR) is 68.8 cm³/mol. The Morgan fingerprint density at radius 3 is 2.78 bits per heavy atom. The molecule has 0 aromatic heterocycles. The number of nitrogens with zero attached hydrogens (tertiary/aromatic N) is 1. The summed E-state index contributed by atoms with van der Waals surface area (Å²) in [5.41, 5.74) is 0.792. The van der Waals surface area contributed by atoms with Crippen molar-refractivity contribution in [1.29, 1.82) is 0 Å². The molecule has 0 amide bonds. The Hall–Kier alpha value is -1.42. The van der Waals surface area contributed by atoms with E-state index in [-0.39, 0.29) is 5.82 Å². The molecule has 18 heavy (non-hydrogen) atoms. The molecule has 0 aliphatic carbocycles. The third kappa shape index (κ3) is 4.45. The van der Waals surface area contributed by atoms with Gasteiger partial charge in [0, 0.05) is 6.54 Å². The standard InChI is InChI=1S/C14H20FNO2/c1-3-4-8-13(14(17)18)16(2)10-11-6-5-7-12(15)9-11/h5-7,9,13H,3-4,8,10H2,1-2H3,(H,17,18). The van der Waals surface area contributed by atoms with E-state index in [1.807, 2.05) is 6.92 Å². The molecule has 100 valence electrons. The highest BCUT2D eigenvalue weighted by Crippen LogP contribution is 2.12. The third-order valence-corrected chi connectivity index (χ3v) is 2.97. The molecule has 0 bridgehead atoms. The number of unbranched alkanes of at least 4 members (excludes halogenated alkanes) is 1. The number of rotatable bonds is 7. The van der Waals surface area contributed by atoms with Gasteiger partial charge < -0.3 is 5.11 Å². The molecule has 0 spiro atoms. The van der Waals surface area contributed by atoms with Gasteiger partial charge in [-0.25, -0.2) is 4.39 Å². The summed E-state index contributed by atoms with van der Waals surface area (Å²) in [5, 5.41) is 9.19. The average molecular weight is 253 g/mol. The van der Waals surface area contributed by atoms with Crippen molar-refractivity contribution in [3.63, 3.8) is 0 Å². The predicted octanol–water partition coefficient (Wildman–Crippen LogP) is 2.90. The minimum Gasteiger partial charge on any atom is -0.480 e. The van der Waals surface area contributed by atoms with Crippen LogP contribution in [0.3, 0.4) is 0 Å². The quantitative estimate of drug-likeness (QED) is 0.812. The van der Waals surface area contributed by atoms with Crippen LogP contribution < -0.4 is 0 Å². The van der Waals surface area contributed by atoms with Gasteiger partial charge in [0.25, 0.3) is 0 Å². The maximum absolute atomic E-state index is 13.0. The molecular formula is C14H20FNO2. The molecule has 1 N–H and O–H groups in total. The Morgan fingerprint density at radius 1 is 1.50 bits per heavy atom. The number of aliphatic carboxylic acids is 1. The number of carboxylic acid groups (broad SMARTS) is 1. The summed E-state index contributed by atoms with van der Waals surface area (Å²) >= 11 is 0. The first-order valence-corrected chi connectivity index (χ1v) is 6.22. The van der Waals surface area contributed by atoms with Gasteiger partial charge >= 0.3 is 5.97 Å². The van der Waals surface area contributed by atoms with Gasteiger partial charge in [-0.15, -0.1) is 0 Å². The first kappa shape index (κ1) is 14.6. The summed E-state index contributed by atoms with van der Waals surface area (Å²) in [6, 6.07) is 5.76. The number of carbonyl (C=O) groups is 1. The molecule has 0 aliphatic heterocycles. The van der Waals surface area contributed by atoms with Crippen molar-refractivity contribution in [2.24, 2.45) is 0 Å². The zero-order valence-electron chi connectivity index (χ0n) is 10.9. The number of carboxylic acids is 1. The Labute approximate surface area is 107 Å². The highest BCUT2D eigenvalue weighted by atomic mass is 19.1. The Balaban J connectivity index is 2.66. The van der Waals surface area contributed by atoms with Crippen LogP contribution in [0.4, 0.5) is 4.39 Å². The van der Waals surface area contributed by atoms with Crippen molar-refractivity contribution >= 4 is 5.97 Å². The van der Waals surface area contributed by atoms with Crippen LogP contribution in [0.25, 0.3) is 0 Å². The third-order valence-electron chi connectivity index (χ3n) is 2.97. The van der Waals surface area contributed by atoms with Gasteiger partial charge in [-0.2, -0.15) is 0 Å². The fourth-order valence-corrected chi connectivity index (χ4v) is 1.96. The molecule has 1 atom stereocenters. The molecule has 3 nitrogen and oxygen atoms in total. The molecule has 0 aliphatic rings. The summed E-state index contributed by atoms with van der Waals surface area (Å²) in [4.78, 5) is 12.9. The molecule has 0 saturated carbocycles. The highest BCUT2D eigenvalue weighted by molar-refractivity contribution is 5.73. The Kier molecular flexibility index (Phi) is 5.78. The smallest absolute Gasteiger partial charge is 0.320 e. The Morgan fingerprint density at radius 2 is 2.22 bits per heavy atom. The van der Waals surface area contributed by atoms with Crippen molar-refractivity contribution in [1.82, 2.24) is 4.90 Å². The molecule has 0 saturated heterocycles. The first-order chi connectivity index (χ1) is 8.54. The summed E-state index contributed by atoms with van der Waals surface area (Å²) in [5.74, 6) is -1.11. The van der Waals surface area contributed by atoms with Crippen LogP contribution in [0, 0.1) is 5.82 Å². The molecule has 1 aromatic carbocycles. The largest absolute Gasteiger partial charge is 0.480 e. The van der Waals surface area contributed by atoms with Gasteiger partial charge in [0.15, 0.2) is 0 Å². The van der Waals surface area contributed by atoms with E-state index in [2.05, 4.69) is 0 Å². The second kappa shape index (κ2) is 7.11. The maximum atomic E-state index is 13.0. The zero-order valence-corrected chi connectivity index (χ0v) is 10.9. The van der Waals surface area contributed by atoms with E-state index in [0.29, 0.717) is 13.0 Å². The fraction of sp³-hybridized carbons (Fsp3) is 0.500. The van der Waals surface area contributed by atoms with Crippen LogP contribution in [0.15, 0.2) is 24.3 Å². The molecule has 0 heterocycles. The van der Waals surface area contributed by atoms with Gasteiger partial charge in [-0.3, -0.25) is 9.69 Å². The molecular weight excluding hydrogens is 233 g/mol. The van der Waals surface area contributed by atoms with Crippen LogP contribution in [-0.2, 0) is 11.3 Å². The topological polar surface area (TPSA) is 40.5 Å². The molecule has 1 rings (SSSR count). The maximum Gasteiger partial charge on any atom is 0.320 e. The first-order valence-electron chi connectivity index (χ1n) is 6.22. The van der Waals surface area contributed by atoms with Crippen molar-refractivity contribution in [2.45, 2.75) is 38.8 Å². The lowest BCUT2D eigenvalue weighted by molar-refractivity contribution is -0.143. The molecule has 4 heteroatoms. The van der Waals surface area contributed by atoms with E-state index in [4.69, 9.17) is 0 Å². The van der Waals surface area contributed by atoms with Crippen LogP contribution in [0.2, 0.25) is 0 Å². The zero-order chi connectivity index (χ0) is 13.5. The number of likely N-dealkylation sites (N-methyl/N-ethyl adjacent to an activating group) is 1. The monoisotopic (exact) mass is 253 g/mol. The molecule has 0 fully saturated rings. The molecule has 1 aromatic rings. The van der Waals surface area contributed by atoms with Crippen LogP contribution in [-0.4, -0.2) is 29.1 Å². The van der Waals surface area contributed by atoms with Gasteiger partial charge in [-0.05, 0) is 31.2 Å². The summed E-state index contributed by atoms with van der Waals surface area (Å²) in [6.45, 7) is 2.48. The van der Waals surface area contributed by atoms with Crippen molar-refractivity contribution in [3.05, 3.63) is 35.6 Å². The minimum atomic E-state index is -0.817. The van der Waals surface area contributed by atoms with Gasteiger partial charge in [0.1, 0.15) is 11.9 Å². The van der Waals surface area contributed by atoms with E-state index >= 15 is 0 Å².